The van der Waals surface area contributed by atoms with Crippen LogP contribution >= 0.6 is 15.9 Å². The molecular weight excluding hydrogens is 326 g/mol. The van der Waals surface area contributed by atoms with Crippen molar-refractivity contribution in [1.29, 1.82) is 0 Å². The van der Waals surface area contributed by atoms with E-state index < -0.39 is 0 Å². The molecule has 3 nitrogen and oxygen atoms in total. The Kier molecular flexibility index (Phi) is 3.68. The van der Waals surface area contributed by atoms with Crippen LogP contribution in [0.5, 0.6) is 0 Å². The second-order valence-electron chi connectivity index (χ2n) is 7.14. The van der Waals surface area contributed by atoms with Gasteiger partial charge in [0, 0.05) is 18.9 Å². The van der Waals surface area contributed by atoms with E-state index in [2.05, 4.69) is 21.2 Å². The summed E-state index contributed by atoms with van der Waals surface area (Å²) in [6.45, 7) is 0. The average Bonchev–Trinajstić information content (AvgIpc) is 3.24. The molecule has 1 heterocycles. The van der Waals surface area contributed by atoms with Crippen LogP contribution in [0.2, 0.25) is 0 Å². The minimum atomic E-state index is 0.615. The smallest absolute Gasteiger partial charge is 0.144 e. The summed E-state index contributed by atoms with van der Waals surface area (Å²) in [5.41, 5.74) is 1.27. The lowest BCUT2D eigenvalue weighted by Crippen LogP contribution is -2.15. The molecule has 0 aliphatic heterocycles. The predicted octanol–water partition coefficient (Wildman–Crippen LogP) is 4.84. The minimum absolute atomic E-state index is 0.615. The fourth-order valence-electron chi connectivity index (χ4n) is 4.84. The lowest BCUT2D eigenvalue weighted by atomic mass is 9.88. The molecule has 0 saturated heterocycles. The lowest BCUT2D eigenvalue weighted by Gasteiger charge is -2.23. The zero-order valence-corrected chi connectivity index (χ0v) is 14.3. The van der Waals surface area contributed by atoms with Crippen molar-refractivity contribution >= 4 is 21.7 Å². The standard InChI is InChI=1S/C17H24BrN3/c1-19-17-14(18)15(11-4-2-3-5-11)20-16(21-17)13-9-10-6-7-12(13)8-10/h10-13H,2-9H2,1H3,(H,19,20,21). The summed E-state index contributed by atoms with van der Waals surface area (Å²) in [5, 5.41) is 3.27. The fourth-order valence-corrected chi connectivity index (χ4v) is 5.54. The van der Waals surface area contributed by atoms with Crippen molar-refractivity contribution in [3.8, 4) is 0 Å². The highest BCUT2D eigenvalue weighted by Gasteiger charge is 2.42. The van der Waals surface area contributed by atoms with Gasteiger partial charge in [0.2, 0.25) is 0 Å². The minimum Gasteiger partial charge on any atom is -0.372 e. The summed E-state index contributed by atoms with van der Waals surface area (Å²) in [6.07, 6.45) is 10.8. The molecule has 1 aromatic heterocycles. The third-order valence-electron chi connectivity index (χ3n) is 5.94. The highest BCUT2D eigenvalue weighted by Crippen LogP contribution is 2.52. The summed E-state index contributed by atoms with van der Waals surface area (Å²) in [6, 6.07) is 0. The van der Waals surface area contributed by atoms with E-state index in [4.69, 9.17) is 9.97 Å². The number of nitrogens with zero attached hydrogens (tertiary/aromatic N) is 2. The van der Waals surface area contributed by atoms with Gasteiger partial charge in [-0.1, -0.05) is 19.3 Å². The van der Waals surface area contributed by atoms with Crippen LogP contribution in [0.15, 0.2) is 4.47 Å². The van der Waals surface area contributed by atoms with Gasteiger partial charge in [-0.15, -0.1) is 0 Å². The zero-order chi connectivity index (χ0) is 14.4. The SMILES string of the molecule is CNc1nc(C2CC3CCC2C3)nc(C2CCCC2)c1Br. The third kappa shape index (κ3) is 2.39. The number of halogens is 1. The molecule has 4 rings (SSSR count). The fraction of sp³-hybridized carbons (Fsp3) is 0.765. The number of fused-ring (bicyclic) bond motifs is 2. The second kappa shape index (κ2) is 5.53. The molecule has 3 unspecified atom stereocenters. The van der Waals surface area contributed by atoms with Crippen LogP contribution in [0.4, 0.5) is 5.82 Å². The van der Waals surface area contributed by atoms with E-state index in [9.17, 15) is 0 Å². The number of hydrogen-bond acceptors (Lipinski definition) is 3. The Bertz CT molecular complexity index is 539. The highest BCUT2D eigenvalue weighted by atomic mass is 79.9. The quantitative estimate of drug-likeness (QED) is 0.847. The first-order valence-electron chi connectivity index (χ1n) is 8.51. The maximum Gasteiger partial charge on any atom is 0.144 e. The summed E-state index contributed by atoms with van der Waals surface area (Å²) < 4.78 is 1.10. The first-order valence-corrected chi connectivity index (χ1v) is 9.30. The molecule has 3 saturated carbocycles. The molecule has 3 fully saturated rings. The van der Waals surface area contributed by atoms with Gasteiger partial charge in [0.05, 0.1) is 10.2 Å². The molecule has 114 valence electrons. The number of anilines is 1. The molecule has 1 aromatic rings. The first-order chi connectivity index (χ1) is 10.3. The Hall–Kier alpha value is -0.640. The highest BCUT2D eigenvalue weighted by molar-refractivity contribution is 9.10. The van der Waals surface area contributed by atoms with Crippen molar-refractivity contribution in [2.45, 2.75) is 63.2 Å². The van der Waals surface area contributed by atoms with Crippen LogP contribution in [0.1, 0.15) is 74.7 Å². The summed E-state index contributed by atoms with van der Waals surface area (Å²) in [7, 11) is 1.97. The number of hydrogen-bond donors (Lipinski definition) is 1. The van der Waals surface area contributed by atoms with E-state index in [-0.39, 0.29) is 0 Å². The normalized spacial score (nSPS) is 32.0. The molecule has 0 radical (unpaired) electrons. The van der Waals surface area contributed by atoms with Gasteiger partial charge < -0.3 is 5.32 Å². The maximum absolute atomic E-state index is 5.07. The molecule has 2 bridgehead atoms. The molecule has 3 aliphatic rings. The molecule has 3 aliphatic carbocycles. The monoisotopic (exact) mass is 349 g/mol. The number of rotatable bonds is 3. The zero-order valence-electron chi connectivity index (χ0n) is 12.7. The van der Waals surface area contributed by atoms with E-state index in [1.807, 2.05) is 7.05 Å². The molecule has 0 aromatic carbocycles. The van der Waals surface area contributed by atoms with Gasteiger partial charge in [-0.3, -0.25) is 0 Å². The number of aromatic nitrogens is 2. The topological polar surface area (TPSA) is 37.8 Å². The van der Waals surface area contributed by atoms with Gasteiger partial charge in [-0.25, -0.2) is 9.97 Å². The Labute approximate surface area is 135 Å². The molecular formula is C17H24BrN3. The van der Waals surface area contributed by atoms with Crippen LogP contribution in [0.25, 0.3) is 0 Å². The van der Waals surface area contributed by atoms with Crippen molar-refractivity contribution in [3.63, 3.8) is 0 Å². The molecule has 4 heteroatoms. The predicted molar refractivity (Wildman–Crippen MR) is 88.7 cm³/mol. The van der Waals surface area contributed by atoms with Gasteiger partial charge in [0.25, 0.3) is 0 Å². The molecule has 3 atom stereocenters. The Morgan fingerprint density at radius 3 is 2.48 bits per heavy atom. The van der Waals surface area contributed by atoms with E-state index in [0.29, 0.717) is 11.8 Å². The van der Waals surface area contributed by atoms with E-state index in [0.717, 1.165) is 28.0 Å². The molecule has 0 spiro atoms. The van der Waals surface area contributed by atoms with Crippen LogP contribution in [-0.2, 0) is 0 Å². The van der Waals surface area contributed by atoms with Crippen LogP contribution in [0.3, 0.4) is 0 Å². The largest absolute Gasteiger partial charge is 0.372 e. The first kappa shape index (κ1) is 14.0. The lowest BCUT2D eigenvalue weighted by molar-refractivity contribution is 0.404. The number of nitrogens with one attached hydrogen (secondary N) is 1. The van der Waals surface area contributed by atoms with Gasteiger partial charge in [-0.2, -0.15) is 0 Å². The van der Waals surface area contributed by atoms with Crippen LogP contribution in [0, 0.1) is 11.8 Å². The van der Waals surface area contributed by atoms with Gasteiger partial charge in [0.1, 0.15) is 11.6 Å². The van der Waals surface area contributed by atoms with Crippen molar-refractivity contribution in [3.05, 3.63) is 16.0 Å². The van der Waals surface area contributed by atoms with E-state index >= 15 is 0 Å². The Balaban J connectivity index is 1.71. The van der Waals surface area contributed by atoms with Crippen LogP contribution in [-0.4, -0.2) is 17.0 Å². The van der Waals surface area contributed by atoms with Gasteiger partial charge in [-0.05, 0) is 59.9 Å². The average molecular weight is 350 g/mol. The molecule has 1 N–H and O–H groups in total. The Morgan fingerprint density at radius 2 is 1.86 bits per heavy atom. The van der Waals surface area contributed by atoms with Gasteiger partial charge in [0.15, 0.2) is 0 Å². The van der Waals surface area contributed by atoms with Crippen molar-refractivity contribution in [2.75, 3.05) is 12.4 Å². The second-order valence-corrected chi connectivity index (χ2v) is 7.94. The van der Waals surface area contributed by atoms with E-state index in [1.165, 1.54) is 57.1 Å². The van der Waals surface area contributed by atoms with Crippen molar-refractivity contribution in [2.24, 2.45) is 11.8 Å². The van der Waals surface area contributed by atoms with E-state index in [1.54, 1.807) is 0 Å². The molecule has 0 amide bonds. The van der Waals surface area contributed by atoms with Crippen molar-refractivity contribution < 1.29 is 0 Å². The summed E-state index contributed by atoms with van der Waals surface area (Å²) in [5.74, 6) is 5.15. The molecule has 21 heavy (non-hydrogen) atoms. The Morgan fingerprint density at radius 1 is 1.05 bits per heavy atom. The van der Waals surface area contributed by atoms with Gasteiger partial charge >= 0.3 is 0 Å². The maximum atomic E-state index is 5.07. The third-order valence-corrected chi connectivity index (χ3v) is 6.72. The van der Waals surface area contributed by atoms with Crippen molar-refractivity contribution in [1.82, 2.24) is 9.97 Å². The summed E-state index contributed by atoms with van der Waals surface area (Å²) >= 11 is 3.75. The summed E-state index contributed by atoms with van der Waals surface area (Å²) in [4.78, 5) is 9.92. The van der Waals surface area contributed by atoms with Crippen LogP contribution < -0.4 is 5.32 Å².